The molecule has 0 aliphatic carbocycles. The number of nitrogens with zero attached hydrogens (tertiary/aromatic N) is 2. The van der Waals surface area contributed by atoms with Crippen LogP contribution >= 0.6 is 0 Å². The van der Waals surface area contributed by atoms with Crippen LogP contribution in [0.25, 0.3) is 0 Å². The molecule has 0 atom stereocenters. The van der Waals surface area contributed by atoms with Crippen LogP contribution in [0.4, 0.5) is 10.1 Å². The van der Waals surface area contributed by atoms with E-state index in [-0.39, 0.29) is 24.4 Å². The van der Waals surface area contributed by atoms with E-state index in [9.17, 15) is 9.18 Å². The van der Waals surface area contributed by atoms with Crippen LogP contribution in [-0.2, 0) is 9.53 Å². The van der Waals surface area contributed by atoms with Crippen molar-refractivity contribution in [1.82, 2.24) is 10.2 Å². The molecule has 2 fully saturated rings. The maximum atomic E-state index is 13.0. The molecule has 2 heterocycles. The van der Waals surface area contributed by atoms with E-state index in [1.54, 1.807) is 12.1 Å². The second kappa shape index (κ2) is 7.75. The minimum atomic E-state index is -0.224. The minimum Gasteiger partial charge on any atom is -0.368 e. The number of anilines is 1. The third kappa shape index (κ3) is 4.42. The summed E-state index contributed by atoms with van der Waals surface area (Å²) in [5.74, 6) is -0.153. The van der Waals surface area contributed by atoms with E-state index in [1.807, 2.05) is 4.90 Å². The van der Waals surface area contributed by atoms with Crippen molar-refractivity contribution < 1.29 is 13.9 Å². The summed E-state index contributed by atoms with van der Waals surface area (Å²) in [6, 6.07) is 6.51. The van der Waals surface area contributed by atoms with Gasteiger partial charge in [0.25, 0.3) is 0 Å². The zero-order valence-electron chi connectivity index (χ0n) is 13.3. The molecule has 1 N–H and O–H groups in total. The molecule has 1 aromatic carbocycles. The van der Waals surface area contributed by atoms with Gasteiger partial charge in [0.1, 0.15) is 12.4 Å². The molecule has 0 radical (unpaired) electrons. The summed E-state index contributed by atoms with van der Waals surface area (Å²) in [4.78, 5) is 16.3. The van der Waals surface area contributed by atoms with Gasteiger partial charge in [0.15, 0.2) is 0 Å². The van der Waals surface area contributed by atoms with Crippen molar-refractivity contribution in [3.05, 3.63) is 30.1 Å². The summed E-state index contributed by atoms with van der Waals surface area (Å²) >= 11 is 0. The topological polar surface area (TPSA) is 44.8 Å². The van der Waals surface area contributed by atoms with Gasteiger partial charge in [-0.1, -0.05) is 0 Å². The van der Waals surface area contributed by atoms with Crippen LogP contribution in [0.15, 0.2) is 24.3 Å². The summed E-state index contributed by atoms with van der Waals surface area (Å²) in [6.07, 6.45) is 2.16. The Bertz CT molecular complexity index is 509. The fraction of sp³-hybridized carbons (Fsp3) is 0.588. The molecule has 0 bridgehead atoms. The van der Waals surface area contributed by atoms with Gasteiger partial charge in [-0.3, -0.25) is 4.79 Å². The van der Waals surface area contributed by atoms with Crippen molar-refractivity contribution in [2.45, 2.75) is 18.9 Å². The smallest absolute Gasteiger partial charge is 0.248 e. The van der Waals surface area contributed by atoms with Crippen molar-refractivity contribution in [2.24, 2.45) is 0 Å². The number of hydrogen-bond donors (Lipinski definition) is 1. The van der Waals surface area contributed by atoms with Gasteiger partial charge in [0.05, 0.1) is 6.10 Å². The second-order valence-electron chi connectivity index (χ2n) is 6.10. The van der Waals surface area contributed by atoms with E-state index in [0.717, 1.165) is 44.7 Å². The summed E-state index contributed by atoms with van der Waals surface area (Å²) in [5.41, 5.74) is 1.00. The lowest BCUT2D eigenvalue weighted by molar-refractivity contribution is -0.139. The number of ether oxygens (including phenoxy) is 1. The normalized spacial score (nSPS) is 19.9. The van der Waals surface area contributed by atoms with Gasteiger partial charge < -0.3 is 19.9 Å². The highest BCUT2D eigenvalue weighted by Gasteiger charge is 2.22. The molecule has 2 aliphatic heterocycles. The zero-order valence-corrected chi connectivity index (χ0v) is 13.3. The average molecular weight is 321 g/mol. The van der Waals surface area contributed by atoms with Crippen LogP contribution in [-0.4, -0.2) is 62.8 Å². The Morgan fingerprint density at radius 3 is 2.43 bits per heavy atom. The van der Waals surface area contributed by atoms with Gasteiger partial charge in [0.2, 0.25) is 5.91 Å². The zero-order chi connectivity index (χ0) is 16.1. The fourth-order valence-electron chi connectivity index (χ4n) is 3.11. The number of halogens is 1. The Morgan fingerprint density at radius 2 is 1.78 bits per heavy atom. The molecular formula is C17H24FN3O2. The average Bonchev–Trinajstić information content (AvgIpc) is 2.61. The third-order valence-corrected chi connectivity index (χ3v) is 4.55. The van der Waals surface area contributed by atoms with Gasteiger partial charge in [-0.05, 0) is 50.2 Å². The number of carbonyl (C=O) groups excluding carboxylic acids is 1. The predicted molar refractivity (Wildman–Crippen MR) is 87.0 cm³/mol. The molecule has 2 saturated heterocycles. The number of nitrogens with one attached hydrogen (secondary N) is 1. The monoisotopic (exact) mass is 321 g/mol. The SMILES string of the molecule is O=C(COC1CCNCC1)N1CCN(c2ccc(F)cc2)CC1. The largest absolute Gasteiger partial charge is 0.368 e. The van der Waals surface area contributed by atoms with Crippen molar-refractivity contribution in [1.29, 1.82) is 0 Å². The molecule has 1 amide bonds. The summed E-state index contributed by atoms with van der Waals surface area (Å²) in [7, 11) is 0. The Labute approximate surface area is 136 Å². The number of amides is 1. The standard InChI is InChI=1S/C17H24FN3O2/c18-14-1-3-15(4-2-14)20-9-11-21(12-10-20)17(22)13-23-16-5-7-19-8-6-16/h1-4,16,19H,5-13H2. The number of carbonyl (C=O) groups is 1. The van der Waals surface area contributed by atoms with Crippen LogP contribution in [0.2, 0.25) is 0 Å². The predicted octanol–water partition coefficient (Wildman–Crippen LogP) is 1.24. The first-order valence-corrected chi connectivity index (χ1v) is 8.33. The number of rotatable bonds is 4. The highest BCUT2D eigenvalue weighted by molar-refractivity contribution is 5.77. The molecule has 126 valence electrons. The van der Waals surface area contributed by atoms with Crippen LogP contribution in [0, 0.1) is 5.82 Å². The second-order valence-corrected chi connectivity index (χ2v) is 6.10. The van der Waals surface area contributed by atoms with E-state index < -0.39 is 0 Å². The van der Waals surface area contributed by atoms with Gasteiger partial charge in [-0.2, -0.15) is 0 Å². The summed E-state index contributed by atoms with van der Waals surface area (Å²) in [5, 5.41) is 3.29. The summed E-state index contributed by atoms with van der Waals surface area (Å²) in [6.45, 7) is 5.03. The quantitative estimate of drug-likeness (QED) is 0.906. The van der Waals surface area contributed by atoms with Gasteiger partial charge >= 0.3 is 0 Å². The number of benzene rings is 1. The molecule has 0 spiro atoms. The molecule has 3 rings (SSSR count). The van der Waals surface area contributed by atoms with Gasteiger partial charge in [0, 0.05) is 31.9 Å². The molecule has 0 saturated carbocycles. The van der Waals surface area contributed by atoms with Crippen molar-refractivity contribution in [3.63, 3.8) is 0 Å². The van der Waals surface area contributed by atoms with E-state index in [4.69, 9.17) is 4.74 Å². The molecule has 0 unspecified atom stereocenters. The lowest BCUT2D eigenvalue weighted by Gasteiger charge is -2.36. The Kier molecular flexibility index (Phi) is 5.46. The van der Waals surface area contributed by atoms with Crippen molar-refractivity contribution in [3.8, 4) is 0 Å². The van der Waals surface area contributed by atoms with E-state index in [0.29, 0.717) is 13.1 Å². The van der Waals surface area contributed by atoms with Gasteiger partial charge in [-0.15, -0.1) is 0 Å². The molecule has 1 aromatic rings. The third-order valence-electron chi connectivity index (χ3n) is 4.55. The molecular weight excluding hydrogens is 297 g/mol. The Balaban J connectivity index is 1.42. The van der Waals surface area contributed by atoms with E-state index in [2.05, 4.69) is 10.2 Å². The minimum absolute atomic E-state index is 0.0716. The first-order chi connectivity index (χ1) is 11.2. The lowest BCUT2D eigenvalue weighted by atomic mass is 10.1. The van der Waals surface area contributed by atoms with Crippen LogP contribution in [0.1, 0.15) is 12.8 Å². The molecule has 0 aromatic heterocycles. The Hall–Kier alpha value is -1.66. The van der Waals surface area contributed by atoms with Gasteiger partial charge in [-0.25, -0.2) is 4.39 Å². The maximum absolute atomic E-state index is 13.0. The number of piperidine rings is 1. The highest BCUT2D eigenvalue weighted by Crippen LogP contribution is 2.17. The fourth-order valence-corrected chi connectivity index (χ4v) is 3.11. The highest BCUT2D eigenvalue weighted by atomic mass is 19.1. The molecule has 2 aliphatic rings. The van der Waals surface area contributed by atoms with E-state index >= 15 is 0 Å². The first kappa shape index (κ1) is 16.2. The van der Waals surface area contributed by atoms with Crippen molar-refractivity contribution >= 4 is 11.6 Å². The maximum Gasteiger partial charge on any atom is 0.248 e. The Morgan fingerprint density at radius 1 is 1.13 bits per heavy atom. The van der Waals surface area contributed by atoms with Crippen LogP contribution < -0.4 is 10.2 Å². The molecule has 5 nitrogen and oxygen atoms in total. The summed E-state index contributed by atoms with van der Waals surface area (Å²) < 4.78 is 18.7. The number of hydrogen-bond acceptors (Lipinski definition) is 4. The molecule has 23 heavy (non-hydrogen) atoms. The van der Waals surface area contributed by atoms with E-state index in [1.165, 1.54) is 12.1 Å². The van der Waals surface area contributed by atoms with Crippen molar-refractivity contribution in [2.75, 3.05) is 50.8 Å². The van der Waals surface area contributed by atoms with Crippen LogP contribution in [0.3, 0.4) is 0 Å². The number of piperazine rings is 1. The first-order valence-electron chi connectivity index (χ1n) is 8.33. The lowest BCUT2D eigenvalue weighted by Crippen LogP contribution is -2.50. The van der Waals surface area contributed by atoms with Crippen LogP contribution in [0.5, 0.6) is 0 Å². The molecule has 6 heteroatoms.